The zero-order chi connectivity index (χ0) is 13.2. The van der Waals surface area contributed by atoms with Crippen LogP contribution in [0.1, 0.15) is 26.7 Å². The van der Waals surface area contributed by atoms with E-state index in [2.05, 4.69) is 0 Å². The predicted molar refractivity (Wildman–Crippen MR) is 63.8 cm³/mol. The summed E-state index contributed by atoms with van der Waals surface area (Å²) in [7, 11) is -2.09. The van der Waals surface area contributed by atoms with Crippen LogP contribution in [0, 0.1) is 5.92 Å². The fourth-order valence-corrected chi connectivity index (χ4v) is 3.79. The first-order chi connectivity index (χ1) is 7.75. The first-order valence-electron chi connectivity index (χ1n) is 5.70. The Balaban J connectivity index is 2.70. The summed E-state index contributed by atoms with van der Waals surface area (Å²) in [5.41, 5.74) is 0. The topological polar surface area (TPSA) is 77.9 Å². The Hall–Kier alpha value is -0.660. The monoisotopic (exact) mass is 264 g/mol. The lowest BCUT2D eigenvalue weighted by Crippen LogP contribution is -2.44. The second-order valence-corrected chi connectivity index (χ2v) is 6.72. The molecular formula is C10H20N2O4S. The van der Waals surface area contributed by atoms with Gasteiger partial charge >= 0.3 is 5.97 Å². The van der Waals surface area contributed by atoms with E-state index in [0.29, 0.717) is 12.5 Å². The van der Waals surface area contributed by atoms with Crippen LogP contribution in [-0.2, 0) is 15.0 Å². The second-order valence-electron chi connectivity index (χ2n) is 4.73. The van der Waals surface area contributed by atoms with Crippen molar-refractivity contribution in [3.8, 4) is 0 Å². The second kappa shape index (κ2) is 5.32. The number of rotatable bonds is 5. The Morgan fingerprint density at radius 3 is 2.47 bits per heavy atom. The van der Waals surface area contributed by atoms with E-state index >= 15 is 0 Å². The first kappa shape index (κ1) is 14.4. The van der Waals surface area contributed by atoms with Gasteiger partial charge in [-0.1, -0.05) is 6.92 Å². The van der Waals surface area contributed by atoms with Crippen molar-refractivity contribution in [2.24, 2.45) is 5.92 Å². The van der Waals surface area contributed by atoms with E-state index in [1.165, 1.54) is 11.4 Å². The van der Waals surface area contributed by atoms with Crippen LogP contribution in [0.15, 0.2) is 0 Å². The van der Waals surface area contributed by atoms with Crippen molar-refractivity contribution in [3.63, 3.8) is 0 Å². The van der Waals surface area contributed by atoms with E-state index in [4.69, 9.17) is 5.11 Å². The summed E-state index contributed by atoms with van der Waals surface area (Å²) in [6.45, 7) is 4.42. The van der Waals surface area contributed by atoms with Gasteiger partial charge in [-0.25, -0.2) is 0 Å². The predicted octanol–water partition coefficient (Wildman–Crippen LogP) is 0.368. The molecule has 0 aromatic carbocycles. The maximum absolute atomic E-state index is 12.2. The molecule has 0 saturated carbocycles. The van der Waals surface area contributed by atoms with Gasteiger partial charge in [0, 0.05) is 26.2 Å². The molecule has 0 aromatic heterocycles. The van der Waals surface area contributed by atoms with E-state index in [-0.39, 0.29) is 19.0 Å². The summed E-state index contributed by atoms with van der Waals surface area (Å²) in [6, 6.07) is -0.0118. The van der Waals surface area contributed by atoms with Gasteiger partial charge in [0.25, 0.3) is 10.2 Å². The summed E-state index contributed by atoms with van der Waals surface area (Å²) in [6.07, 6.45) is 0.680. The largest absolute Gasteiger partial charge is 0.481 e. The van der Waals surface area contributed by atoms with Crippen LogP contribution < -0.4 is 0 Å². The Labute approximate surface area is 102 Å². The molecule has 1 saturated heterocycles. The molecule has 0 bridgehead atoms. The molecule has 1 heterocycles. The number of carboxylic acid groups (broad SMARTS) is 1. The van der Waals surface area contributed by atoms with Gasteiger partial charge < -0.3 is 5.11 Å². The molecule has 1 fully saturated rings. The van der Waals surface area contributed by atoms with Crippen molar-refractivity contribution in [1.29, 1.82) is 0 Å². The fraction of sp³-hybridized carbons (Fsp3) is 0.900. The molecule has 7 heteroatoms. The molecule has 1 N–H and O–H groups in total. The SMILES string of the molecule is CC1CC(C)N(S(=O)(=O)N(C)CCC(=O)O)C1. The minimum Gasteiger partial charge on any atom is -0.481 e. The molecule has 2 unspecified atom stereocenters. The maximum atomic E-state index is 12.2. The number of carboxylic acids is 1. The third-order valence-corrected chi connectivity index (χ3v) is 5.13. The van der Waals surface area contributed by atoms with Crippen molar-refractivity contribution in [2.45, 2.75) is 32.7 Å². The lowest BCUT2D eigenvalue weighted by molar-refractivity contribution is -0.137. The van der Waals surface area contributed by atoms with Gasteiger partial charge in [-0.3, -0.25) is 4.79 Å². The molecule has 1 rings (SSSR count). The minimum atomic E-state index is -3.51. The van der Waals surface area contributed by atoms with Crippen LogP contribution in [0.4, 0.5) is 0 Å². The van der Waals surface area contributed by atoms with Crippen LogP contribution in [0.5, 0.6) is 0 Å². The Morgan fingerprint density at radius 2 is 2.06 bits per heavy atom. The zero-order valence-corrected chi connectivity index (χ0v) is 11.3. The third-order valence-electron chi connectivity index (χ3n) is 3.06. The Kier molecular flexibility index (Phi) is 4.51. The van der Waals surface area contributed by atoms with E-state index < -0.39 is 16.2 Å². The Morgan fingerprint density at radius 1 is 1.47 bits per heavy atom. The Bertz CT molecular complexity index is 382. The van der Waals surface area contributed by atoms with Crippen molar-refractivity contribution in [1.82, 2.24) is 8.61 Å². The van der Waals surface area contributed by atoms with Crippen LogP contribution in [0.2, 0.25) is 0 Å². The molecule has 100 valence electrons. The summed E-state index contributed by atoms with van der Waals surface area (Å²) in [5.74, 6) is -0.637. The number of carbonyl (C=O) groups is 1. The summed E-state index contributed by atoms with van der Waals surface area (Å²) in [5, 5.41) is 8.55. The molecule has 1 aliphatic rings. The standard InChI is InChI=1S/C10H20N2O4S/c1-8-6-9(2)12(7-8)17(15,16)11(3)5-4-10(13)14/h8-9H,4-7H2,1-3H3,(H,13,14). The highest BCUT2D eigenvalue weighted by molar-refractivity contribution is 7.86. The van der Waals surface area contributed by atoms with E-state index in [1.807, 2.05) is 13.8 Å². The summed E-state index contributed by atoms with van der Waals surface area (Å²) in [4.78, 5) is 10.4. The molecule has 1 aliphatic heterocycles. The molecule has 0 spiro atoms. The van der Waals surface area contributed by atoms with Crippen LogP contribution in [0.25, 0.3) is 0 Å². The van der Waals surface area contributed by atoms with Gasteiger partial charge in [-0.2, -0.15) is 17.0 Å². The highest BCUT2D eigenvalue weighted by Crippen LogP contribution is 2.26. The van der Waals surface area contributed by atoms with Gasteiger partial charge in [0.2, 0.25) is 0 Å². The molecule has 6 nitrogen and oxygen atoms in total. The zero-order valence-electron chi connectivity index (χ0n) is 10.5. The lowest BCUT2D eigenvalue weighted by Gasteiger charge is -2.26. The van der Waals surface area contributed by atoms with Crippen molar-refractivity contribution in [3.05, 3.63) is 0 Å². The highest BCUT2D eigenvalue weighted by Gasteiger charge is 2.37. The number of nitrogens with zero attached hydrogens (tertiary/aromatic N) is 2. The van der Waals surface area contributed by atoms with Gasteiger partial charge in [-0.15, -0.1) is 0 Å². The molecule has 0 aromatic rings. The summed E-state index contributed by atoms with van der Waals surface area (Å²) >= 11 is 0. The van der Waals surface area contributed by atoms with E-state index in [1.54, 1.807) is 0 Å². The van der Waals surface area contributed by atoms with Crippen LogP contribution in [-0.4, -0.2) is 54.3 Å². The van der Waals surface area contributed by atoms with Gasteiger partial charge in [0.1, 0.15) is 0 Å². The third kappa shape index (κ3) is 3.40. The minimum absolute atomic E-state index is 0.00919. The normalized spacial score (nSPS) is 26.6. The fourth-order valence-electron chi connectivity index (χ4n) is 2.13. The number of hydrogen-bond donors (Lipinski definition) is 1. The van der Waals surface area contributed by atoms with Crippen molar-refractivity contribution in [2.75, 3.05) is 20.1 Å². The average molecular weight is 264 g/mol. The van der Waals surface area contributed by atoms with E-state index in [0.717, 1.165) is 10.7 Å². The molecule has 0 amide bonds. The van der Waals surface area contributed by atoms with Gasteiger partial charge in [0.05, 0.1) is 6.42 Å². The average Bonchev–Trinajstić information content (AvgIpc) is 2.54. The van der Waals surface area contributed by atoms with Gasteiger partial charge in [0.15, 0.2) is 0 Å². The van der Waals surface area contributed by atoms with Crippen LogP contribution >= 0.6 is 0 Å². The molecule has 17 heavy (non-hydrogen) atoms. The molecular weight excluding hydrogens is 244 g/mol. The number of aliphatic carboxylic acids is 1. The molecule has 2 atom stereocenters. The quantitative estimate of drug-likeness (QED) is 0.778. The van der Waals surface area contributed by atoms with Gasteiger partial charge in [-0.05, 0) is 19.3 Å². The lowest BCUT2D eigenvalue weighted by atomic mass is 10.1. The van der Waals surface area contributed by atoms with Crippen molar-refractivity contribution >= 4 is 16.2 Å². The molecule has 0 radical (unpaired) electrons. The molecule has 0 aliphatic carbocycles. The van der Waals surface area contributed by atoms with Crippen LogP contribution in [0.3, 0.4) is 0 Å². The highest BCUT2D eigenvalue weighted by atomic mass is 32.2. The van der Waals surface area contributed by atoms with E-state index in [9.17, 15) is 13.2 Å². The summed E-state index contributed by atoms with van der Waals surface area (Å²) < 4.78 is 26.9. The maximum Gasteiger partial charge on any atom is 0.304 e. The smallest absolute Gasteiger partial charge is 0.304 e. The number of hydrogen-bond acceptors (Lipinski definition) is 3. The van der Waals surface area contributed by atoms with Crippen molar-refractivity contribution < 1.29 is 18.3 Å². The first-order valence-corrected chi connectivity index (χ1v) is 7.09.